The third kappa shape index (κ3) is 7.36. The molecule has 0 aromatic heterocycles. The fourth-order valence-electron chi connectivity index (χ4n) is 5.06. The van der Waals surface area contributed by atoms with Gasteiger partial charge in [0.05, 0.1) is 0 Å². The molecule has 0 aliphatic carbocycles. The fraction of sp³-hybridized carbons (Fsp3) is 0.333. The molecule has 0 fully saturated rings. The van der Waals surface area contributed by atoms with Crippen LogP contribution in [0.1, 0.15) is 92.7 Å². The Morgan fingerprint density at radius 3 is 1.11 bits per heavy atom. The summed E-state index contributed by atoms with van der Waals surface area (Å²) in [6.45, 7) is 16.7. The number of benzene rings is 4. The average molecular weight is 508 g/mol. The van der Waals surface area contributed by atoms with Crippen molar-refractivity contribution in [1.29, 1.82) is 0 Å². The Hall–Kier alpha value is -3.36. The summed E-state index contributed by atoms with van der Waals surface area (Å²) in [5.41, 5.74) is 6.92. The maximum absolute atomic E-state index is 11.4. The van der Waals surface area contributed by atoms with E-state index < -0.39 is 0 Å². The smallest absolute Gasteiger partial charge is 0.123 e. The van der Waals surface area contributed by atoms with Crippen LogP contribution < -0.4 is 0 Å². The van der Waals surface area contributed by atoms with Gasteiger partial charge in [-0.15, -0.1) is 0 Å². The van der Waals surface area contributed by atoms with Crippen molar-refractivity contribution < 1.29 is 5.11 Å². The highest BCUT2D eigenvalue weighted by Gasteiger charge is 2.23. The molecule has 2 heteroatoms. The molecule has 0 aliphatic rings. The van der Waals surface area contributed by atoms with Gasteiger partial charge in [0.2, 0.25) is 0 Å². The van der Waals surface area contributed by atoms with E-state index in [1.807, 2.05) is 12.1 Å². The molecule has 0 amide bonds. The molecule has 4 aromatic carbocycles. The second-order valence-corrected chi connectivity index (χ2v) is 10.1. The summed E-state index contributed by atoms with van der Waals surface area (Å²) in [7, 11) is 0. The van der Waals surface area contributed by atoms with Crippen LogP contribution in [0.25, 0.3) is 0 Å². The van der Waals surface area contributed by atoms with Crippen molar-refractivity contribution in [2.75, 3.05) is 19.6 Å². The largest absolute Gasteiger partial charge is 0.507 e. The van der Waals surface area contributed by atoms with E-state index >= 15 is 0 Å². The monoisotopic (exact) mass is 507 g/mol. The van der Waals surface area contributed by atoms with Crippen LogP contribution in [0.4, 0.5) is 0 Å². The molecule has 0 radical (unpaired) electrons. The van der Waals surface area contributed by atoms with Crippen molar-refractivity contribution in [3.63, 3.8) is 0 Å². The van der Waals surface area contributed by atoms with Crippen LogP contribution in [0.5, 0.6) is 5.75 Å². The van der Waals surface area contributed by atoms with E-state index in [1.165, 1.54) is 41.9 Å². The first kappa shape index (κ1) is 29.2. The third-order valence-electron chi connectivity index (χ3n) is 7.86. The topological polar surface area (TPSA) is 23.5 Å². The Bertz CT molecular complexity index is 1140. The molecule has 0 saturated carbocycles. The van der Waals surface area contributed by atoms with Crippen molar-refractivity contribution >= 4 is 0 Å². The van der Waals surface area contributed by atoms with Crippen molar-refractivity contribution in [1.82, 2.24) is 4.90 Å². The minimum Gasteiger partial charge on any atom is -0.507 e. The third-order valence-corrected chi connectivity index (χ3v) is 7.86. The first-order chi connectivity index (χ1) is 18.4. The van der Waals surface area contributed by atoms with Crippen molar-refractivity contribution in [2.24, 2.45) is 0 Å². The molecule has 38 heavy (non-hydrogen) atoms. The molecule has 0 saturated heterocycles. The minimum absolute atomic E-state index is 0.103. The zero-order valence-electron chi connectivity index (χ0n) is 24.1. The number of aromatic hydroxyl groups is 1. The van der Waals surface area contributed by atoms with Crippen LogP contribution in [0, 0.1) is 0 Å². The highest BCUT2D eigenvalue weighted by Crippen LogP contribution is 2.41. The molecule has 2 nitrogen and oxygen atoms in total. The molecule has 200 valence electrons. The highest BCUT2D eigenvalue weighted by molar-refractivity contribution is 5.53. The number of rotatable bonds is 9. The van der Waals surface area contributed by atoms with Crippen LogP contribution >= 0.6 is 0 Å². The Kier molecular flexibility index (Phi) is 11.2. The van der Waals surface area contributed by atoms with Gasteiger partial charge in [0, 0.05) is 28.9 Å². The molecule has 3 atom stereocenters. The van der Waals surface area contributed by atoms with E-state index in [0.29, 0.717) is 5.75 Å². The molecule has 0 heterocycles. The van der Waals surface area contributed by atoms with E-state index in [9.17, 15) is 5.11 Å². The van der Waals surface area contributed by atoms with E-state index in [-0.39, 0.29) is 17.8 Å². The lowest BCUT2D eigenvalue weighted by Crippen LogP contribution is -2.21. The van der Waals surface area contributed by atoms with Gasteiger partial charge in [-0.2, -0.15) is 0 Å². The van der Waals surface area contributed by atoms with Crippen molar-refractivity contribution in [3.05, 3.63) is 137 Å². The van der Waals surface area contributed by atoms with Gasteiger partial charge in [0.15, 0.2) is 0 Å². The van der Waals surface area contributed by atoms with Gasteiger partial charge in [-0.3, -0.25) is 0 Å². The fourth-order valence-corrected chi connectivity index (χ4v) is 5.06. The standard InChI is InChI=1S/C30H30O.C6H15N/c1-21(24-13-7-4-8-14-24)27-19-28(22(2)25-15-9-5-10-16-25)30(31)29(20-27)23(3)26-17-11-6-12-18-26;1-4-7(5-2)6-3/h4-23,31H,1-3H3;4-6H2,1-3H3. The normalized spacial score (nSPS) is 13.3. The Morgan fingerprint density at radius 1 is 0.500 bits per heavy atom. The van der Waals surface area contributed by atoms with Gasteiger partial charge < -0.3 is 10.0 Å². The first-order valence-corrected chi connectivity index (χ1v) is 14.1. The molecule has 3 unspecified atom stereocenters. The van der Waals surface area contributed by atoms with Crippen LogP contribution in [0.15, 0.2) is 103 Å². The zero-order chi connectivity index (χ0) is 27.5. The highest BCUT2D eigenvalue weighted by atomic mass is 16.3. The Morgan fingerprint density at radius 2 is 0.816 bits per heavy atom. The maximum atomic E-state index is 11.4. The number of phenolic OH excluding ortho intramolecular Hbond substituents is 1. The summed E-state index contributed by atoms with van der Waals surface area (Å²) in [6, 6.07) is 35.9. The van der Waals surface area contributed by atoms with Crippen molar-refractivity contribution in [2.45, 2.75) is 59.3 Å². The summed E-state index contributed by atoms with van der Waals surface area (Å²) in [4.78, 5) is 2.38. The molecular formula is C36H45NO. The Labute approximate surface area is 231 Å². The van der Waals surface area contributed by atoms with E-state index in [0.717, 1.165) is 11.1 Å². The van der Waals surface area contributed by atoms with Crippen LogP contribution in [-0.4, -0.2) is 29.6 Å². The molecule has 0 aliphatic heterocycles. The lowest BCUT2D eigenvalue weighted by Gasteiger charge is -2.24. The predicted octanol–water partition coefficient (Wildman–Crippen LogP) is 9.20. The number of hydrogen-bond acceptors (Lipinski definition) is 2. The van der Waals surface area contributed by atoms with E-state index in [2.05, 4.69) is 137 Å². The van der Waals surface area contributed by atoms with Gasteiger partial charge in [-0.1, -0.05) is 145 Å². The van der Waals surface area contributed by atoms with Gasteiger partial charge in [-0.25, -0.2) is 0 Å². The lowest BCUT2D eigenvalue weighted by molar-refractivity contribution is 0.321. The average Bonchev–Trinajstić information content (AvgIpc) is 2.99. The van der Waals surface area contributed by atoms with Crippen LogP contribution in [0.3, 0.4) is 0 Å². The Balaban J connectivity index is 0.000000505. The maximum Gasteiger partial charge on any atom is 0.123 e. The lowest BCUT2D eigenvalue weighted by atomic mass is 9.82. The van der Waals surface area contributed by atoms with Crippen LogP contribution in [-0.2, 0) is 0 Å². The molecule has 1 N–H and O–H groups in total. The second-order valence-electron chi connectivity index (χ2n) is 10.1. The molecule has 4 aromatic rings. The van der Waals surface area contributed by atoms with E-state index in [4.69, 9.17) is 0 Å². The van der Waals surface area contributed by atoms with Crippen molar-refractivity contribution in [3.8, 4) is 5.75 Å². The molecule has 4 rings (SSSR count). The van der Waals surface area contributed by atoms with Gasteiger partial charge in [0.1, 0.15) is 5.75 Å². The SMILES string of the molecule is CC(c1ccccc1)c1cc(C(C)c2ccccc2)c(O)c(C(C)c2ccccc2)c1.CCN(CC)CC. The van der Waals surface area contributed by atoms with Gasteiger partial charge >= 0.3 is 0 Å². The number of phenols is 1. The summed E-state index contributed by atoms with van der Waals surface area (Å²) in [5.74, 6) is 0.860. The molecular weight excluding hydrogens is 462 g/mol. The minimum atomic E-state index is 0.103. The number of hydrogen-bond donors (Lipinski definition) is 1. The van der Waals surface area contributed by atoms with Crippen LogP contribution in [0.2, 0.25) is 0 Å². The van der Waals surface area contributed by atoms with Gasteiger partial charge in [0.25, 0.3) is 0 Å². The van der Waals surface area contributed by atoms with Gasteiger partial charge in [-0.05, 0) is 41.9 Å². The number of nitrogens with zero attached hydrogens (tertiary/aromatic N) is 1. The molecule has 0 bridgehead atoms. The second kappa shape index (κ2) is 14.5. The summed E-state index contributed by atoms with van der Waals surface area (Å²) in [5, 5.41) is 11.4. The summed E-state index contributed by atoms with van der Waals surface area (Å²) >= 11 is 0. The summed E-state index contributed by atoms with van der Waals surface area (Å²) < 4.78 is 0. The molecule has 0 spiro atoms. The predicted molar refractivity (Wildman–Crippen MR) is 163 cm³/mol. The zero-order valence-corrected chi connectivity index (χ0v) is 24.1. The van der Waals surface area contributed by atoms with E-state index in [1.54, 1.807) is 0 Å². The summed E-state index contributed by atoms with van der Waals surface area (Å²) in [6.07, 6.45) is 0. The first-order valence-electron chi connectivity index (χ1n) is 14.1. The quantitative estimate of drug-likeness (QED) is 0.244.